The Bertz CT molecular complexity index is 168. The maximum atomic E-state index is 7.56. The maximum absolute atomic E-state index is 7.56. The van der Waals surface area contributed by atoms with Crippen molar-refractivity contribution >= 4 is 37.1 Å². The molecular formula is C6H22FeO6P2S2. The zero-order chi connectivity index (χ0) is 14.4. The van der Waals surface area contributed by atoms with Crippen LogP contribution in [0.5, 0.6) is 0 Å². The van der Waals surface area contributed by atoms with E-state index in [9.17, 15) is 0 Å². The van der Waals surface area contributed by atoms with Crippen LogP contribution in [-0.2, 0) is 40.7 Å². The maximum Gasteiger partial charge on any atom is 0.319 e. The third kappa shape index (κ3) is 1710. The van der Waals surface area contributed by atoms with Crippen LogP contribution >= 0.6 is 13.4 Å². The standard InChI is InChI=1S/2C3H8.Fe.2H3O3PS/c2*1-3-2;;2*1-4(2,3)5/h2*3H2,1-2H3;;2*(H3,1,2,3,5). The van der Waals surface area contributed by atoms with Crippen LogP contribution in [0.3, 0.4) is 0 Å². The van der Waals surface area contributed by atoms with E-state index >= 15 is 0 Å². The molecule has 17 heavy (non-hydrogen) atoms. The minimum Gasteiger partial charge on any atom is -0.325 e. The second kappa shape index (κ2) is 19.9. The summed E-state index contributed by atoms with van der Waals surface area (Å²) in [6, 6.07) is 0. The first-order valence-electron chi connectivity index (χ1n) is 4.39. The summed E-state index contributed by atoms with van der Waals surface area (Å²) in [5, 5.41) is 0. The van der Waals surface area contributed by atoms with E-state index in [1.165, 1.54) is 12.8 Å². The van der Waals surface area contributed by atoms with Gasteiger partial charge in [-0.3, -0.25) is 0 Å². The van der Waals surface area contributed by atoms with Crippen molar-refractivity contribution in [3.05, 3.63) is 0 Å². The Morgan fingerprint density at radius 2 is 0.647 bits per heavy atom. The van der Waals surface area contributed by atoms with Crippen LogP contribution in [0.2, 0.25) is 0 Å². The van der Waals surface area contributed by atoms with Gasteiger partial charge in [0.25, 0.3) is 0 Å². The fourth-order valence-corrected chi connectivity index (χ4v) is 0. The van der Waals surface area contributed by atoms with Gasteiger partial charge in [-0.25, -0.2) is 0 Å². The quantitative estimate of drug-likeness (QED) is 0.277. The van der Waals surface area contributed by atoms with Crippen molar-refractivity contribution in [2.24, 2.45) is 0 Å². The summed E-state index contributed by atoms with van der Waals surface area (Å²) in [5.74, 6) is 0. The summed E-state index contributed by atoms with van der Waals surface area (Å²) in [6.45, 7) is 0.889. The van der Waals surface area contributed by atoms with Crippen molar-refractivity contribution in [2.45, 2.75) is 40.5 Å². The summed E-state index contributed by atoms with van der Waals surface area (Å²) < 4.78 is 0. The molecule has 0 saturated carbocycles. The molecule has 0 radical (unpaired) electrons. The molecule has 0 amide bonds. The molecule has 0 aromatic rings. The molecule has 0 spiro atoms. The van der Waals surface area contributed by atoms with Gasteiger partial charge in [0.15, 0.2) is 0 Å². The van der Waals surface area contributed by atoms with Crippen LogP contribution in [-0.4, -0.2) is 29.4 Å². The van der Waals surface area contributed by atoms with E-state index in [1.54, 1.807) is 0 Å². The van der Waals surface area contributed by atoms with E-state index in [0.29, 0.717) is 0 Å². The zero-order valence-electron chi connectivity index (χ0n) is 10.2. The average molecular weight is 372 g/mol. The van der Waals surface area contributed by atoms with Crippen molar-refractivity contribution < 1.29 is 46.4 Å². The monoisotopic (exact) mass is 372 g/mol. The Morgan fingerprint density at radius 3 is 0.647 bits per heavy atom. The third-order valence-corrected chi connectivity index (χ3v) is 0. The number of hydrogen-bond acceptors (Lipinski definition) is 2. The van der Waals surface area contributed by atoms with E-state index in [-0.39, 0.29) is 17.1 Å². The first-order valence-corrected chi connectivity index (χ1v) is 9.71. The molecule has 0 aromatic heterocycles. The molecule has 112 valence electrons. The number of hydrogen-bond donors (Lipinski definition) is 6. The summed E-state index contributed by atoms with van der Waals surface area (Å²) in [6.07, 6.45) is 2.50. The largest absolute Gasteiger partial charge is 0.325 e. The van der Waals surface area contributed by atoms with Gasteiger partial charge in [0.2, 0.25) is 0 Å². The van der Waals surface area contributed by atoms with Gasteiger partial charge in [-0.15, -0.1) is 0 Å². The predicted molar refractivity (Wildman–Crippen MR) is 73.8 cm³/mol. The molecule has 6 N–H and O–H groups in total. The fourth-order valence-electron chi connectivity index (χ4n) is 0. The molecule has 0 atom stereocenters. The van der Waals surface area contributed by atoms with Crippen molar-refractivity contribution in [1.29, 1.82) is 0 Å². The van der Waals surface area contributed by atoms with Gasteiger partial charge >= 0.3 is 13.4 Å². The topological polar surface area (TPSA) is 121 Å². The fraction of sp³-hybridized carbons (Fsp3) is 1.00. The molecule has 0 saturated heterocycles. The predicted octanol–water partition coefficient (Wildman–Crippen LogP) is 1.21. The van der Waals surface area contributed by atoms with E-state index in [2.05, 4.69) is 51.3 Å². The average Bonchev–Trinajstić information content (AvgIpc) is 1.79. The van der Waals surface area contributed by atoms with Crippen LogP contribution in [0.1, 0.15) is 40.5 Å². The van der Waals surface area contributed by atoms with Gasteiger partial charge in [-0.1, -0.05) is 40.5 Å². The molecule has 0 unspecified atom stereocenters. The zero-order valence-corrected chi connectivity index (χ0v) is 14.7. The van der Waals surface area contributed by atoms with Gasteiger partial charge in [-0.05, 0) is 23.6 Å². The Kier molecular flexibility index (Phi) is 36.5. The van der Waals surface area contributed by atoms with Crippen LogP contribution < -0.4 is 0 Å². The van der Waals surface area contributed by atoms with Crippen LogP contribution in [0, 0.1) is 0 Å². The van der Waals surface area contributed by atoms with Crippen LogP contribution in [0.25, 0.3) is 0 Å². The first-order chi connectivity index (χ1) is 6.83. The molecule has 0 heterocycles. The Labute approximate surface area is 124 Å². The summed E-state index contributed by atoms with van der Waals surface area (Å²) >= 11 is 7.21. The molecule has 0 rings (SSSR count). The van der Waals surface area contributed by atoms with Gasteiger partial charge in [0.05, 0.1) is 0 Å². The smallest absolute Gasteiger partial charge is 0.319 e. The number of rotatable bonds is 0. The molecule has 11 heteroatoms. The van der Waals surface area contributed by atoms with E-state index in [4.69, 9.17) is 29.4 Å². The summed E-state index contributed by atoms with van der Waals surface area (Å²) in [5.41, 5.74) is 0. The van der Waals surface area contributed by atoms with E-state index < -0.39 is 13.4 Å². The van der Waals surface area contributed by atoms with Crippen molar-refractivity contribution in [2.75, 3.05) is 0 Å². The molecule has 0 bridgehead atoms. The molecule has 6 nitrogen and oxygen atoms in total. The molecular weight excluding hydrogens is 350 g/mol. The second-order valence-electron chi connectivity index (χ2n) is 2.44. The van der Waals surface area contributed by atoms with Crippen molar-refractivity contribution in [3.63, 3.8) is 0 Å². The molecule has 0 aliphatic rings. The van der Waals surface area contributed by atoms with Gasteiger partial charge in [0.1, 0.15) is 0 Å². The minimum absolute atomic E-state index is 0. The SMILES string of the molecule is CCC.CCC.OP(O)(O)=S.OP(O)(O)=S.[Fe]. The Hall–Kier alpha value is 1.58. The van der Waals surface area contributed by atoms with Crippen LogP contribution in [0.4, 0.5) is 0 Å². The summed E-state index contributed by atoms with van der Waals surface area (Å²) in [7, 11) is 0. The normalized spacial score (nSPS) is 9.06. The van der Waals surface area contributed by atoms with Gasteiger partial charge in [0, 0.05) is 17.1 Å². The minimum atomic E-state index is -3.81. The van der Waals surface area contributed by atoms with Crippen molar-refractivity contribution in [1.82, 2.24) is 0 Å². The van der Waals surface area contributed by atoms with Gasteiger partial charge < -0.3 is 29.4 Å². The molecule has 0 aliphatic carbocycles. The Morgan fingerprint density at radius 1 is 0.647 bits per heavy atom. The molecule has 0 fully saturated rings. The van der Waals surface area contributed by atoms with E-state index in [1.807, 2.05) is 0 Å². The second-order valence-corrected chi connectivity index (χ2v) is 7.43. The third-order valence-electron chi connectivity index (χ3n) is 0. The molecule has 0 aromatic carbocycles. The van der Waals surface area contributed by atoms with Crippen molar-refractivity contribution in [3.8, 4) is 0 Å². The summed E-state index contributed by atoms with van der Waals surface area (Å²) in [4.78, 5) is 45.3. The molecule has 0 aliphatic heterocycles. The van der Waals surface area contributed by atoms with Crippen LogP contribution in [0.15, 0.2) is 0 Å². The van der Waals surface area contributed by atoms with E-state index in [0.717, 1.165) is 0 Å². The first kappa shape index (κ1) is 31.1. The Balaban J connectivity index is -0.0000000381. The van der Waals surface area contributed by atoms with Gasteiger partial charge in [-0.2, -0.15) is 0 Å².